The molecule has 174 valence electrons. The fourth-order valence-electron chi connectivity index (χ4n) is 4.36. The Bertz CT molecular complexity index is 987. The van der Waals surface area contributed by atoms with E-state index in [0.717, 1.165) is 25.9 Å². The molecular weight excluding hydrogens is 446 g/mol. The first-order chi connectivity index (χ1) is 15.4. The maximum atomic E-state index is 12.9. The van der Waals surface area contributed by atoms with Crippen molar-refractivity contribution < 1.29 is 17.9 Å². The standard InChI is InChI=1S/C23H31N3O4S2/c1-18-4-2-10-26(17-18)32(28,29)20-8-6-19(7-9-20)23(27)24-16-21(22-5-3-15-31-22)25-11-13-30-14-12-25/h3,5-9,15,18,21H,2,4,10-14,16-17H2,1H3,(H,24,27)/t18-,21+/m1/s1. The van der Waals surface area contributed by atoms with E-state index in [0.29, 0.717) is 44.3 Å². The monoisotopic (exact) mass is 477 g/mol. The van der Waals surface area contributed by atoms with Crippen LogP contribution in [0.3, 0.4) is 0 Å². The van der Waals surface area contributed by atoms with Crippen LogP contribution in [-0.2, 0) is 14.8 Å². The fraction of sp³-hybridized carbons (Fsp3) is 0.522. The van der Waals surface area contributed by atoms with E-state index in [1.807, 2.05) is 11.4 Å². The number of amides is 1. The van der Waals surface area contributed by atoms with E-state index in [1.54, 1.807) is 39.9 Å². The molecule has 2 aliphatic heterocycles. The molecule has 0 saturated carbocycles. The third kappa shape index (κ3) is 5.40. The summed E-state index contributed by atoms with van der Waals surface area (Å²) in [6.45, 7) is 6.74. The highest BCUT2D eigenvalue weighted by molar-refractivity contribution is 7.89. The number of nitrogens with zero attached hydrogens (tertiary/aromatic N) is 2. The molecule has 0 aliphatic carbocycles. The average Bonchev–Trinajstić information content (AvgIpc) is 3.34. The van der Waals surface area contributed by atoms with Crippen molar-refractivity contribution in [2.75, 3.05) is 45.9 Å². The number of piperidine rings is 1. The Morgan fingerprint density at radius 1 is 1.19 bits per heavy atom. The summed E-state index contributed by atoms with van der Waals surface area (Å²) in [7, 11) is -3.52. The number of hydrogen-bond acceptors (Lipinski definition) is 6. The number of carbonyl (C=O) groups excluding carboxylic acids is 1. The van der Waals surface area contributed by atoms with Gasteiger partial charge in [-0.2, -0.15) is 4.31 Å². The second kappa shape index (κ2) is 10.4. The van der Waals surface area contributed by atoms with Crippen molar-refractivity contribution in [3.8, 4) is 0 Å². The van der Waals surface area contributed by atoms with E-state index < -0.39 is 10.0 Å². The minimum Gasteiger partial charge on any atom is -0.379 e. The molecule has 0 bridgehead atoms. The lowest BCUT2D eigenvalue weighted by molar-refractivity contribution is 0.0169. The van der Waals surface area contributed by atoms with Gasteiger partial charge in [0.2, 0.25) is 10.0 Å². The van der Waals surface area contributed by atoms with Gasteiger partial charge in [-0.25, -0.2) is 8.42 Å². The van der Waals surface area contributed by atoms with Crippen LogP contribution >= 0.6 is 11.3 Å². The number of sulfonamides is 1. The van der Waals surface area contributed by atoms with Gasteiger partial charge in [-0.15, -0.1) is 11.3 Å². The van der Waals surface area contributed by atoms with Crippen LogP contribution in [0.5, 0.6) is 0 Å². The van der Waals surface area contributed by atoms with E-state index in [9.17, 15) is 13.2 Å². The molecule has 0 spiro atoms. The number of hydrogen-bond donors (Lipinski definition) is 1. The van der Waals surface area contributed by atoms with Crippen molar-refractivity contribution in [2.45, 2.75) is 30.7 Å². The maximum absolute atomic E-state index is 12.9. The van der Waals surface area contributed by atoms with Crippen LogP contribution in [0.25, 0.3) is 0 Å². The molecule has 1 N–H and O–H groups in total. The van der Waals surface area contributed by atoms with Crippen molar-refractivity contribution in [1.29, 1.82) is 0 Å². The summed E-state index contributed by atoms with van der Waals surface area (Å²) in [6, 6.07) is 10.5. The van der Waals surface area contributed by atoms with Crippen molar-refractivity contribution in [3.63, 3.8) is 0 Å². The lowest BCUT2D eigenvalue weighted by Gasteiger charge is -2.34. The molecular formula is C23H31N3O4S2. The highest BCUT2D eigenvalue weighted by atomic mass is 32.2. The van der Waals surface area contributed by atoms with Gasteiger partial charge < -0.3 is 10.1 Å². The van der Waals surface area contributed by atoms with Gasteiger partial charge in [-0.1, -0.05) is 13.0 Å². The third-order valence-electron chi connectivity index (χ3n) is 6.19. The Morgan fingerprint density at radius 3 is 2.59 bits per heavy atom. The second-order valence-corrected chi connectivity index (χ2v) is 11.4. The highest BCUT2D eigenvalue weighted by Crippen LogP contribution is 2.26. The van der Waals surface area contributed by atoms with Gasteiger partial charge in [-0.05, 0) is 54.5 Å². The molecule has 3 heterocycles. The second-order valence-electron chi connectivity index (χ2n) is 8.52. The van der Waals surface area contributed by atoms with Gasteiger partial charge in [-0.3, -0.25) is 9.69 Å². The molecule has 2 fully saturated rings. The molecule has 4 rings (SSSR count). The lowest BCUT2D eigenvalue weighted by atomic mass is 10.0. The van der Waals surface area contributed by atoms with Crippen LogP contribution in [-0.4, -0.2) is 69.5 Å². The zero-order valence-corrected chi connectivity index (χ0v) is 20.0. The number of ether oxygens (including phenoxy) is 1. The van der Waals surface area contributed by atoms with Gasteiger partial charge in [0.05, 0.1) is 24.2 Å². The van der Waals surface area contributed by atoms with Gasteiger partial charge >= 0.3 is 0 Å². The van der Waals surface area contributed by atoms with Crippen molar-refractivity contribution >= 4 is 27.3 Å². The summed E-state index contributed by atoms with van der Waals surface area (Å²) >= 11 is 1.69. The lowest BCUT2D eigenvalue weighted by Crippen LogP contribution is -2.43. The summed E-state index contributed by atoms with van der Waals surface area (Å²) in [5.41, 5.74) is 0.461. The quantitative estimate of drug-likeness (QED) is 0.663. The first-order valence-corrected chi connectivity index (χ1v) is 13.5. The normalized spacial score (nSPS) is 21.8. The molecule has 32 heavy (non-hydrogen) atoms. The minimum atomic E-state index is -3.52. The van der Waals surface area contributed by atoms with Crippen LogP contribution in [0.2, 0.25) is 0 Å². The number of rotatable bonds is 7. The molecule has 1 amide bonds. The average molecular weight is 478 g/mol. The summed E-state index contributed by atoms with van der Waals surface area (Å²) in [6.07, 6.45) is 1.94. The van der Waals surface area contributed by atoms with Crippen LogP contribution in [0.15, 0.2) is 46.7 Å². The van der Waals surface area contributed by atoms with Gasteiger partial charge in [0.1, 0.15) is 0 Å². The Labute approximate surface area is 194 Å². The summed E-state index contributed by atoms with van der Waals surface area (Å²) in [5, 5.41) is 5.09. The fourth-order valence-corrected chi connectivity index (χ4v) is 6.82. The predicted octanol–water partition coefficient (Wildman–Crippen LogP) is 2.97. The Balaban J connectivity index is 1.41. The minimum absolute atomic E-state index is 0.101. The van der Waals surface area contributed by atoms with Crippen molar-refractivity contribution in [3.05, 3.63) is 52.2 Å². The number of morpholine rings is 1. The smallest absolute Gasteiger partial charge is 0.251 e. The molecule has 9 heteroatoms. The van der Waals surface area contributed by atoms with Crippen LogP contribution in [0.1, 0.15) is 41.0 Å². The highest BCUT2D eigenvalue weighted by Gasteiger charge is 2.29. The molecule has 1 aromatic carbocycles. The Kier molecular flexibility index (Phi) is 7.63. The predicted molar refractivity (Wildman–Crippen MR) is 125 cm³/mol. The maximum Gasteiger partial charge on any atom is 0.251 e. The molecule has 0 unspecified atom stereocenters. The zero-order valence-electron chi connectivity index (χ0n) is 18.4. The first kappa shape index (κ1) is 23.4. The molecule has 2 aromatic rings. The Morgan fingerprint density at radius 2 is 1.94 bits per heavy atom. The number of nitrogens with one attached hydrogen (secondary N) is 1. The molecule has 2 aliphatic rings. The molecule has 1 aromatic heterocycles. The summed E-state index contributed by atoms with van der Waals surface area (Å²) in [5.74, 6) is 0.168. The van der Waals surface area contributed by atoms with E-state index >= 15 is 0 Å². The van der Waals surface area contributed by atoms with Gasteiger partial charge in [0.25, 0.3) is 5.91 Å². The number of carbonyl (C=O) groups is 1. The molecule has 0 radical (unpaired) electrons. The van der Waals surface area contributed by atoms with Crippen molar-refractivity contribution in [2.24, 2.45) is 5.92 Å². The summed E-state index contributed by atoms with van der Waals surface area (Å²) < 4.78 is 32.9. The topological polar surface area (TPSA) is 79.0 Å². The molecule has 2 saturated heterocycles. The number of benzene rings is 1. The van der Waals surface area contributed by atoms with Crippen molar-refractivity contribution in [1.82, 2.24) is 14.5 Å². The van der Waals surface area contributed by atoms with Crippen LogP contribution < -0.4 is 5.32 Å². The first-order valence-electron chi connectivity index (χ1n) is 11.2. The van der Waals surface area contributed by atoms with Crippen LogP contribution in [0, 0.1) is 5.92 Å². The van der Waals surface area contributed by atoms with E-state index in [-0.39, 0.29) is 16.8 Å². The Hall–Kier alpha value is -1.78. The largest absolute Gasteiger partial charge is 0.379 e. The van der Waals surface area contributed by atoms with Gasteiger partial charge in [0, 0.05) is 43.2 Å². The van der Waals surface area contributed by atoms with E-state index in [2.05, 4.69) is 23.2 Å². The van der Waals surface area contributed by atoms with E-state index in [4.69, 9.17) is 4.74 Å². The third-order valence-corrected chi connectivity index (χ3v) is 9.04. The zero-order chi connectivity index (χ0) is 22.6. The number of thiophene rings is 1. The van der Waals surface area contributed by atoms with Crippen LogP contribution in [0.4, 0.5) is 0 Å². The molecule has 7 nitrogen and oxygen atoms in total. The molecule has 2 atom stereocenters. The van der Waals surface area contributed by atoms with E-state index in [1.165, 1.54) is 4.88 Å². The van der Waals surface area contributed by atoms with Gasteiger partial charge in [0.15, 0.2) is 0 Å². The summed E-state index contributed by atoms with van der Waals surface area (Å²) in [4.78, 5) is 16.6. The SMILES string of the molecule is C[C@@H]1CCCN(S(=O)(=O)c2ccc(C(=O)NC[C@@H](c3cccs3)N3CCOCC3)cc2)C1.